The number of hydroxylamine groups is 2. The largest absolute Gasteiger partial charge is 0.508 e. The first-order valence-electron chi connectivity index (χ1n) is 21.8. The fourth-order valence-corrected chi connectivity index (χ4v) is 10.5. The lowest BCUT2D eigenvalue weighted by atomic mass is 9.62. The van der Waals surface area contributed by atoms with Gasteiger partial charge in [-0.15, -0.1) is 0 Å². The standard InChI is InChI=1S/C48H55N3O11/c1-46(2,3)59-38(54)22-21-34(28-52)49-43(55)35-19-11-23-50(35)45(57)48-26-37-39-40(61-47(60-39)24-31-14-5-6-15-32(31)25-47)42(48)62-51(41(48)44(56)58-37)27-33-16-7-4-12-29(33)17-10-18-30-13-8-9-20-36(30)53/h4-10,12-17,20,34-35,37,39-42,52-53H,11,18-19,21-28H2,1-3H3,(H,49,55). The van der Waals surface area contributed by atoms with E-state index in [0.29, 0.717) is 32.1 Å². The number of likely N-dealkylation sites (tertiary alicyclic amines) is 1. The summed E-state index contributed by atoms with van der Waals surface area (Å²) in [5, 5.41) is 25.0. The van der Waals surface area contributed by atoms with Crippen molar-refractivity contribution >= 4 is 29.8 Å². The molecule has 4 heterocycles. The molecule has 2 amide bonds. The van der Waals surface area contributed by atoms with Crippen molar-refractivity contribution in [2.75, 3.05) is 13.2 Å². The predicted octanol–water partition coefficient (Wildman–Crippen LogP) is 4.32. The topological polar surface area (TPSA) is 173 Å². The van der Waals surface area contributed by atoms with Crippen LogP contribution < -0.4 is 5.32 Å². The van der Waals surface area contributed by atoms with Crippen LogP contribution in [0.25, 0.3) is 6.08 Å². The first kappa shape index (κ1) is 42.2. The maximum absolute atomic E-state index is 15.6. The smallest absolute Gasteiger partial charge is 0.327 e. The zero-order valence-corrected chi connectivity index (χ0v) is 35.4. The monoisotopic (exact) mass is 849 g/mol. The van der Waals surface area contributed by atoms with Gasteiger partial charge < -0.3 is 39.4 Å². The van der Waals surface area contributed by atoms with E-state index in [1.54, 1.807) is 42.9 Å². The molecular formula is C48H55N3O11. The van der Waals surface area contributed by atoms with E-state index >= 15 is 4.79 Å². The number of para-hydroxylation sites is 1. The second-order valence-electron chi connectivity index (χ2n) is 18.5. The van der Waals surface area contributed by atoms with Crippen LogP contribution in [0.15, 0.2) is 78.9 Å². The maximum atomic E-state index is 15.6. The van der Waals surface area contributed by atoms with E-state index in [1.807, 2.05) is 60.7 Å². The lowest BCUT2D eigenvalue weighted by Gasteiger charge is -2.50. The molecule has 0 radical (unpaired) electrons. The molecule has 3 aromatic rings. The van der Waals surface area contributed by atoms with Crippen molar-refractivity contribution in [3.05, 3.63) is 107 Å². The normalized spacial score (nSPS) is 28.8. The Morgan fingerprint density at radius 3 is 2.39 bits per heavy atom. The van der Waals surface area contributed by atoms with E-state index < -0.39 is 89.7 Å². The van der Waals surface area contributed by atoms with E-state index in [0.717, 1.165) is 27.8 Å². The molecular weight excluding hydrogens is 795 g/mol. The third kappa shape index (κ3) is 7.80. The van der Waals surface area contributed by atoms with Crippen LogP contribution in [0.5, 0.6) is 5.75 Å². The van der Waals surface area contributed by atoms with Gasteiger partial charge in [0.2, 0.25) is 11.8 Å². The molecule has 4 saturated heterocycles. The quantitative estimate of drug-likeness (QED) is 0.221. The number of hydrogen-bond acceptors (Lipinski definition) is 12. The number of carbonyl (C=O) groups excluding carboxylic acids is 4. The van der Waals surface area contributed by atoms with Gasteiger partial charge in [-0.1, -0.05) is 78.9 Å². The van der Waals surface area contributed by atoms with Crippen molar-refractivity contribution in [2.24, 2.45) is 5.41 Å². The van der Waals surface area contributed by atoms with Gasteiger partial charge in [0.15, 0.2) is 11.8 Å². The zero-order valence-electron chi connectivity index (χ0n) is 35.4. The Morgan fingerprint density at radius 1 is 0.968 bits per heavy atom. The summed E-state index contributed by atoms with van der Waals surface area (Å²) >= 11 is 0. The average molecular weight is 850 g/mol. The molecule has 62 heavy (non-hydrogen) atoms. The van der Waals surface area contributed by atoms with Gasteiger partial charge in [-0.25, -0.2) is 0 Å². The maximum Gasteiger partial charge on any atom is 0.327 e. The number of esters is 2. The Bertz CT molecular complexity index is 2230. The minimum atomic E-state index is -1.49. The molecule has 3 aromatic carbocycles. The SMILES string of the molecule is CC(C)(C)OC(=O)CCC(CO)NC(=O)C1CCCN1C(=O)C12CC3OC(=O)C1N(Cc1ccccc1C=CCc1ccccc1O)OC2C1OC2(Cc4ccccc4C2)OC31. The molecule has 1 spiro atoms. The van der Waals surface area contributed by atoms with Crippen molar-refractivity contribution in [1.82, 2.24) is 15.3 Å². The van der Waals surface area contributed by atoms with Gasteiger partial charge in [-0.05, 0) is 80.3 Å². The summed E-state index contributed by atoms with van der Waals surface area (Å²) in [6, 6.07) is 20.2. The van der Waals surface area contributed by atoms with Crippen LogP contribution >= 0.6 is 0 Å². The molecule has 8 unspecified atom stereocenters. The van der Waals surface area contributed by atoms with E-state index in [1.165, 1.54) is 0 Å². The number of allylic oxidation sites excluding steroid dienone is 1. The van der Waals surface area contributed by atoms with Crippen LogP contribution in [0.4, 0.5) is 0 Å². The predicted molar refractivity (Wildman–Crippen MR) is 224 cm³/mol. The van der Waals surface area contributed by atoms with E-state index in [-0.39, 0.29) is 38.1 Å². The number of nitrogens with one attached hydrogen (secondary N) is 1. The Morgan fingerprint density at radius 2 is 1.66 bits per heavy atom. The first-order valence-corrected chi connectivity index (χ1v) is 21.8. The number of aliphatic hydroxyl groups is 1. The van der Waals surface area contributed by atoms with Gasteiger partial charge in [-0.2, -0.15) is 5.06 Å². The van der Waals surface area contributed by atoms with E-state index in [4.69, 9.17) is 23.8 Å². The lowest BCUT2D eigenvalue weighted by molar-refractivity contribution is -0.218. The zero-order chi connectivity index (χ0) is 43.4. The van der Waals surface area contributed by atoms with Gasteiger partial charge in [0.05, 0.1) is 19.2 Å². The van der Waals surface area contributed by atoms with Crippen LogP contribution in [-0.2, 0) is 68.8 Å². The molecule has 9 rings (SSSR count). The van der Waals surface area contributed by atoms with Gasteiger partial charge in [0.1, 0.15) is 47.2 Å². The number of ether oxygens (including phenoxy) is 4. The molecule has 5 fully saturated rings. The van der Waals surface area contributed by atoms with Gasteiger partial charge in [0, 0.05) is 32.2 Å². The molecule has 328 valence electrons. The minimum absolute atomic E-state index is 0.00797. The van der Waals surface area contributed by atoms with Crippen LogP contribution in [0.3, 0.4) is 0 Å². The Balaban J connectivity index is 1.01. The molecule has 0 aromatic heterocycles. The second-order valence-corrected chi connectivity index (χ2v) is 18.5. The number of phenolic OH excluding ortho intramolecular Hbond substituents is 1. The summed E-state index contributed by atoms with van der Waals surface area (Å²) in [4.78, 5) is 65.1. The Hall–Kier alpha value is -5.12. The summed E-state index contributed by atoms with van der Waals surface area (Å²) in [5.74, 6) is -2.70. The first-order chi connectivity index (χ1) is 29.8. The van der Waals surface area contributed by atoms with Gasteiger partial charge in [-0.3, -0.25) is 24.0 Å². The molecule has 2 bridgehead atoms. The summed E-state index contributed by atoms with van der Waals surface area (Å²) in [7, 11) is 0. The number of aliphatic hydroxyl groups excluding tert-OH is 1. The van der Waals surface area contributed by atoms with Crippen molar-refractivity contribution in [3.8, 4) is 5.75 Å². The lowest BCUT2D eigenvalue weighted by Crippen LogP contribution is -2.70. The molecule has 2 aliphatic carbocycles. The van der Waals surface area contributed by atoms with Crippen molar-refractivity contribution in [2.45, 2.75) is 133 Å². The summed E-state index contributed by atoms with van der Waals surface area (Å²) in [6.45, 7) is 5.31. The molecule has 8 atom stereocenters. The third-order valence-corrected chi connectivity index (χ3v) is 13.2. The van der Waals surface area contributed by atoms with E-state index in [2.05, 4.69) is 17.4 Å². The number of hydrogen-bond donors (Lipinski definition) is 3. The molecule has 14 heteroatoms. The van der Waals surface area contributed by atoms with Crippen LogP contribution in [0.1, 0.15) is 80.7 Å². The Labute approximate surface area is 361 Å². The molecule has 6 aliphatic rings. The van der Waals surface area contributed by atoms with Crippen LogP contribution in [0, 0.1) is 5.41 Å². The van der Waals surface area contributed by atoms with Crippen molar-refractivity contribution < 1.29 is 53.2 Å². The fraction of sp³-hybridized carbons (Fsp3) is 0.500. The summed E-state index contributed by atoms with van der Waals surface area (Å²) < 4.78 is 25.4. The number of amides is 2. The van der Waals surface area contributed by atoms with E-state index in [9.17, 15) is 24.6 Å². The third-order valence-electron chi connectivity index (χ3n) is 13.2. The highest BCUT2D eigenvalue weighted by atomic mass is 16.8. The number of phenols is 1. The highest BCUT2D eigenvalue weighted by Gasteiger charge is 2.77. The van der Waals surface area contributed by atoms with Gasteiger partial charge >= 0.3 is 11.9 Å². The fourth-order valence-electron chi connectivity index (χ4n) is 10.5. The summed E-state index contributed by atoms with van der Waals surface area (Å²) in [6.07, 6.45) is 3.36. The minimum Gasteiger partial charge on any atom is -0.508 e. The number of carbonyl (C=O) groups is 4. The average Bonchev–Trinajstić information content (AvgIpc) is 4.03. The van der Waals surface area contributed by atoms with Gasteiger partial charge in [0.25, 0.3) is 0 Å². The number of aromatic hydroxyl groups is 1. The molecule has 14 nitrogen and oxygen atoms in total. The molecule has 4 aliphatic heterocycles. The summed E-state index contributed by atoms with van der Waals surface area (Å²) in [5.41, 5.74) is 2.53. The van der Waals surface area contributed by atoms with Crippen LogP contribution in [-0.4, -0.2) is 111 Å². The van der Waals surface area contributed by atoms with Crippen molar-refractivity contribution in [1.29, 1.82) is 0 Å². The number of nitrogens with zero attached hydrogens (tertiary/aromatic N) is 2. The molecule has 3 N–H and O–H groups in total. The second kappa shape index (κ2) is 16.5. The molecule has 1 saturated carbocycles. The number of fused-ring (bicyclic) bond motifs is 5. The highest BCUT2D eigenvalue weighted by Crippen LogP contribution is 2.59. The van der Waals surface area contributed by atoms with Crippen molar-refractivity contribution in [3.63, 3.8) is 0 Å². The highest BCUT2D eigenvalue weighted by molar-refractivity contribution is 5.96. The number of rotatable bonds is 12. The Kier molecular flexibility index (Phi) is 11.3. The number of benzene rings is 3. The van der Waals surface area contributed by atoms with Crippen LogP contribution in [0.2, 0.25) is 0 Å².